The van der Waals surface area contributed by atoms with Crippen LogP contribution in [0.2, 0.25) is 0 Å². The maximum Gasteiger partial charge on any atom is 0.204 e. The van der Waals surface area contributed by atoms with Crippen LogP contribution in [0.15, 0.2) is 12.1 Å². The van der Waals surface area contributed by atoms with Gasteiger partial charge in [-0.15, -0.1) is 0 Å². The third-order valence-corrected chi connectivity index (χ3v) is 2.96. The van der Waals surface area contributed by atoms with Gasteiger partial charge >= 0.3 is 0 Å². The van der Waals surface area contributed by atoms with E-state index in [-0.39, 0.29) is 22.4 Å². The van der Waals surface area contributed by atoms with Crippen LogP contribution in [0.25, 0.3) is 10.8 Å². The molecule has 2 N–H and O–H groups in total. The molecule has 0 unspecified atom stereocenters. The first-order chi connectivity index (χ1) is 10.0. The molecule has 0 aromatic heterocycles. The molecular weight excluding hydrogens is 255 g/mol. The molecule has 2 aromatic carbocycles. The zero-order chi connectivity index (χ0) is 16.8. The summed E-state index contributed by atoms with van der Waals surface area (Å²) in [4.78, 5) is 0. The van der Waals surface area contributed by atoms with Crippen LogP contribution in [0, 0.1) is 17.5 Å². The van der Waals surface area contributed by atoms with E-state index in [1.54, 1.807) is 13.8 Å². The first kappa shape index (κ1) is 9.95. The predicted octanol–water partition coefficient (Wildman–Crippen LogP) is 3.97. The molecule has 0 aliphatic rings. The fourth-order valence-corrected chi connectivity index (χ4v) is 2.09. The molecule has 0 amide bonds. The van der Waals surface area contributed by atoms with Crippen molar-refractivity contribution < 1.29 is 22.0 Å². The second-order valence-electron chi connectivity index (χ2n) is 4.56. The Morgan fingerprint density at radius 1 is 1.16 bits per heavy atom. The summed E-state index contributed by atoms with van der Waals surface area (Å²) in [5.41, 5.74) is 6.18. The molecule has 5 heteroatoms. The molecule has 19 heavy (non-hydrogen) atoms. The summed E-state index contributed by atoms with van der Waals surface area (Å²) < 4.78 is 67.6. The van der Waals surface area contributed by atoms with Crippen molar-refractivity contribution in [2.45, 2.75) is 19.8 Å². The standard InChI is InChI=1S/C14H14F3NO/c1-6(2)8-4-7(18)5-9-10(8)14(19-3)13(17)12(16)11(9)15/h4-6H,18H2,1-3H3/i3D3. The molecule has 0 saturated carbocycles. The highest BCUT2D eigenvalue weighted by Gasteiger charge is 2.24. The first-order valence-corrected chi connectivity index (χ1v) is 5.61. The molecule has 0 spiro atoms. The molecule has 0 radical (unpaired) electrons. The van der Waals surface area contributed by atoms with Gasteiger partial charge in [0.15, 0.2) is 17.4 Å². The van der Waals surface area contributed by atoms with Crippen LogP contribution < -0.4 is 10.5 Å². The molecule has 0 bridgehead atoms. The van der Waals surface area contributed by atoms with Gasteiger partial charge < -0.3 is 10.5 Å². The maximum absolute atomic E-state index is 14.0. The lowest BCUT2D eigenvalue weighted by Crippen LogP contribution is -2.03. The highest BCUT2D eigenvalue weighted by atomic mass is 19.2. The predicted molar refractivity (Wildman–Crippen MR) is 68.9 cm³/mol. The second kappa shape index (κ2) is 4.64. The van der Waals surface area contributed by atoms with Crippen LogP contribution >= 0.6 is 0 Å². The lowest BCUT2D eigenvalue weighted by atomic mass is 9.94. The van der Waals surface area contributed by atoms with Crippen molar-refractivity contribution >= 4 is 16.5 Å². The summed E-state index contributed by atoms with van der Waals surface area (Å²) in [5.74, 6) is -5.98. The van der Waals surface area contributed by atoms with Gasteiger partial charge in [-0.3, -0.25) is 0 Å². The quantitative estimate of drug-likeness (QED) is 0.663. The number of hydrogen-bond donors (Lipinski definition) is 1. The Morgan fingerprint density at radius 3 is 2.42 bits per heavy atom. The lowest BCUT2D eigenvalue weighted by molar-refractivity contribution is 0.367. The minimum atomic E-state index is -3.01. The van der Waals surface area contributed by atoms with Crippen molar-refractivity contribution in [1.82, 2.24) is 0 Å². The number of nitrogen functional groups attached to an aromatic ring is 1. The fraction of sp³-hybridized carbons (Fsp3) is 0.286. The molecule has 2 aromatic rings. The first-order valence-electron chi connectivity index (χ1n) is 7.11. The molecule has 0 atom stereocenters. The third kappa shape index (κ3) is 1.99. The van der Waals surface area contributed by atoms with Crippen LogP contribution in [-0.4, -0.2) is 7.04 Å². The average Bonchev–Trinajstić information content (AvgIpc) is 2.39. The number of ether oxygens (including phenoxy) is 1. The summed E-state index contributed by atoms with van der Waals surface area (Å²) >= 11 is 0. The van der Waals surface area contributed by atoms with E-state index in [1.165, 1.54) is 6.07 Å². The van der Waals surface area contributed by atoms with Gasteiger partial charge in [-0.25, -0.2) is 8.78 Å². The summed E-state index contributed by atoms with van der Waals surface area (Å²) in [6.45, 7) is 3.46. The number of anilines is 1. The Balaban J connectivity index is 2.98. The molecule has 0 saturated heterocycles. The van der Waals surface area contributed by atoms with Crippen LogP contribution in [-0.2, 0) is 0 Å². The zero-order valence-corrected chi connectivity index (χ0v) is 10.4. The van der Waals surface area contributed by atoms with Crippen molar-refractivity contribution in [3.05, 3.63) is 35.1 Å². The molecule has 0 aliphatic carbocycles. The van der Waals surface area contributed by atoms with Gasteiger partial charge in [0.2, 0.25) is 5.82 Å². The Morgan fingerprint density at radius 2 is 1.84 bits per heavy atom. The van der Waals surface area contributed by atoms with Gasteiger partial charge in [-0.1, -0.05) is 13.8 Å². The third-order valence-electron chi connectivity index (χ3n) is 2.96. The molecular formula is C14H14F3NO. The van der Waals surface area contributed by atoms with Gasteiger partial charge in [0.25, 0.3) is 0 Å². The Hall–Kier alpha value is -1.91. The molecule has 2 nitrogen and oxygen atoms in total. The van der Waals surface area contributed by atoms with Gasteiger partial charge in [0.1, 0.15) is 0 Å². The van der Waals surface area contributed by atoms with E-state index in [2.05, 4.69) is 4.74 Å². The number of benzene rings is 2. The van der Waals surface area contributed by atoms with Crippen LogP contribution in [0.4, 0.5) is 18.9 Å². The molecule has 102 valence electrons. The normalized spacial score (nSPS) is 14.3. The van der Waals surface area contributed by atoms with E-state index >= 15 is 0 Å². The monoisotopic (exact) mass is 272 g/mol. The number of rotatable bonds is 2. The van der Waals surface area contributed by atoms with E-state index in [1.807, 2.05) is 0 Å². The zero-order valence-electron chi connectivity index (χ0n) is 13.4. The van der Waals surface area contributed by atoms with Gasteiger partial charge in [0, 0.05) is 16.5 Å². The van der Waals surface area contributed by atoms with Crippen molar-refractivity contribution in [2.24, 2.45) is 0 Å². The maximum atomic E-state index is 14.0. The largest absolute Gasteiger partial charge is 0.493 e. The number of halogens is 3. The number of hydrogen-bond acceptors (Lipinski definition) is 2. The van der Waals surface area contributed by atoms with Crippen molar-refractivity contribution in [3.63, 3.8) is 0 Å². The van der Waals surface area contributed by atoms with Gasteiger partial charge in [-0.2, -0.15) is 4.39 Å². The van der Waals surface area contributed by atoms with E-state index in [4.69, 9.17) is 9.85 Å². The minimum Gasteiger partial charge on any atom is -0.493 e. The molecule has 0 heterocycles. The highest BCUT2D eigenvalue weighted by molar-refractivity contribution is 5.94. The van der Waals surface area contributed by atoms with Crippen LogP contribution in [0.5, 0.6) is 5.75 Å². The average molecular weight is 272 g/mol. The Bertz CT molecular complexity index is 745. The van der Waals surface area contributed by atoms with Gasteiger partial charge in [0.05, 0.1) is 11.2 Å². The topological polar surface area (TPSA) is 35.2 Å². The smallest absolute Gasteiger partial charge is 0.204 e. The molecule has 0 fully saturated rings. The summed E-state index contributed by atoms with van der Waals surface area (Å²) in [5, 5.41) is -0.446. The Kier molecular flexibility index (Phi) is 2.43. The van der Waals surface area contributed by atoms with Crippen LogP contribution in [0.3, 0.4) is 0 Å². The van der Waals surface area contributed by atoms with Crippen molar-refractivity contribution in [3.8, 4) is 5.75 Å². The highest BCUT2D eigenvalue weighted by Crippen LogP contribution is 2.39. The fourth-order valence-electron chi connectivity index (χ4n) is 2.09. The molecule has 2 rings (SSSR count). The van der Waals surface area contributed by atoms with E-state index in [0.717, 1.165) is 6.07 Å². The van der Waals surface area contributed by atoms with E-state index in [0.29, 0.717) is 5.56 Å². The number of methoxy groups -OCH3 is 1. The SMILES string of the molecule is [2H]C([2H])([2H])Oc1c(F)c(F)c(F)c2cc(N)cc(C(C)C)c12. The van der Waals surface area contributed by atoms with Crippen molar-refractivity contribution in [2.75, 3.05) is 12.8 Å². The second-order valence-corrected chi connectivity index (χ2v) is 4.56. The Labute approximate surface area is 113 Å². The lowest BCUT2D eigenvalue weighted by Gasteiger charge is -2.16. The number of fused-ring (bicyclic) bond motifs is 1. The molecule has 0 aliphatic heterocycles. The van der Waals surface area contributed by atoms with Gasteiger partial charge in [-0.05, 0) is 23.6 Å². The van der Waals surface area contributed by atoms with Crippen molar-refractivity contribution in [1.29, 1.82) is 0 Å². The summed E-state index contributed by atoms with van der Waals surface area (Å²) in [6.07, 6.45) is 0. The summed E-state index contributed by atoms with van der Waals surface area (Å²) in [7, 11) is -3.01. The van der Waals surface area contributed by atoms with E-state index in [9.17, 15) is 13.2 Å². The van der Waals surface area contributed by atoms with Crippen LogP contribution in [0.1, 0.15) is 29.4 Å². The summed E-state index contributed by atoms with van der Waals surface area (Å²) in [6, 6.07) is 2.57. The van der Waals surface area contributed by atoms with E-state index < -0.39 is 30.2 Å². The number of nitrogens with two attached hydrogens (primary N) is 1. The minimum absolute atomic E-state index is 0.128.